The van der Waals surface area contributed by atoms with Crippen molar-refractivity contribution < 1.29 is 10.0 Å². The van der Waals surface area contributed by atoms with Crippen molar-refractivity contribution in [3.8, 4) is 0 Å². The van der Waals surface area contributed by atoms with Gasteiger partial charge in [0.1, 0.15) is 6.04 Å². The molecule has 0 spiro atoms. The maximum atomic E-state index is 12.3. The third kappa shape index (κ3) is 3.49. The Morgan fingerprint density at radius 2 is 2.05 bits per heavy atom. The van der Waals surface area contributed by atoms with E-state index in [1.807, 2.05) is 6.07 Å². The Morgan fingerprint density at radius 1 is 1.33 bits per heavy atom. The van der Waals surface area contributed by atoms with Crippen LogP contribution in [0.4, 0.5) is 0 Å². The Kier molecular flexibility index (Phi) is 4.73. The molecular formula is C14H13ClN4O2. The molecule has 1 aromatic carbocycles. The van der Waals surface area contributed by atoms with Crippen LogP contribution in [0.2, 0.25) is 5.02 Å². The highest BCUT2D eigenvalue weighted by Crippen LogP contribution is 2.17. The molecule has 0 bridgehead atoms. The lowest BCUT2D eigenvalue weighted by molar-refractivity contribution is 0.0946. The highest BCUT2D eigenvalue weighted by Gasteiger charge is 2.21. The van der Waals surface area contributed by atoms with E-state index < -0.39 is 11.9 Å². The van der Waals surface area contributed by atoms with Gasteiger partial charge in [-0.1, -0.05) is 47.1 Å². The second-order valence-electron chi connectivity index (χ2n) is 4.20. The fraction of sp³-hybridized carbons (Fsp3) is 0.0714. The van der Waals surface area contributed by atoms with E-state index in [0.717, 1.165) is 0 Å². The average Bonchev–Trinajstić information content (AvgIpc) is 2.53. The first-order valence-electron chi connectivity index (χ1n) is 6.06. The monoisotopic (exact) mass is 304 g/mol. The minimum absolute atomic E-state index is 0.125. The smallest absolute Gasteiger partial charge is 0.253 e. The third-order valence-electron chi connectivity index (χ3n) is 2.84. The van der Waals surface area contributed by atoms with Gasteiger partial charge >= 0.3 is 0 Å². The van der Waals surface area contributed by atoms with Crippen molar-refractivity contribution in [1.29, 1.82) is 0 Å². The summed E-state index contributed by atoms with van der Waals surface area (Å²) < 4.78 is 0. The van der Waals surface area contributed by atoms with E-state index in [9.17, 15) is 4.79 Å². The van der Waals surface area contributed by atoms with E-state index in [2.05, 4.69) is 15.5 Å². The van der Waals surface area contributed by atoms with Gasteiger partial charge in [-0.25, -0.2) is 0 Å². The summed E-state index contributed by atoms with van der Waals surface area (Å²) in [6.45, 7) is 0. The first-order valence-corrected chi connectivity index (χ1v) is 6.44. The number of carbonyl (C=O) groups is 1. The molecule has 0 aliphatic rings. The van der Waals surface area contributed by atoms with Gasteiger partial charge in [-0.3, -0.25) is 9.78 Å². The predicted molar refractivity (Wildman–Crippen MR) is 79.3 cm³/mol. The van der Waals surface area contributed by atoms with Crippen molar-refractivity contribution in [2.75, 3.05) is 0 Å². The quantitative estimate of drug-likeness (QED) is 0.348. The van der Waals surface area contributed by atoms with Crippen LogP contribution in [0, 0.1) is 0 Å². The van der Waals surface area contributed by atoms with Crippen molar-refractivity contribution in [3.63, 3.8) is 0 Å². The number of hydrogen-bond donors (Lipinski definition) is 3. The summed E-state index contributed by atoms with van der Waals surface area (Å²) in [6.07, 6.45) is 2.83. The standard InChI is InChI=1S/C14H13ClN4O2/c15-11-8-17-7-6-10(11)14(20)18-12(13(16)19-21)9-4-2-1-3-5-9/h1-8,12,21H,(H2,16,19)(H,18,20). The zero-order valence-corrected chi connectivity index (χ0v) is 11.7. The van der Waals surface area contributed by atoms with E-state index in [4.69, 9.17) is 22.5 Å². The lowest BCUT2D eigenvalue weighted by Gasteiger charge is -2.18. The number of amides is 1. The fourth-order valence-electron chi connectivity index (χ4n) is 1.80. The Hall–Kier alpha value is -2.60. The molecule has 0 saturated carbocycles. The van der Waals surface area contributed by atoms with Gasteiger partial charge in [0.25, 0.3) is 5.91 Å². The number of nitrogens with two attached hydrogens (primary N) is 1. The van der Waals surface area contributed by atoms with Crippen molar-refractivity contribution in [1.82, 2.24) is 10.3 Å². The van der Waals surface area contributed by atoms with Crippen molar-refractivity contribution in [3.05, 3.63) is 64.9 Å². The molecule has 2 rings (SSSR count). The molecule has 1 aromatic heterocycles. The van der Waals surface area contributed by atoms with Crippen LogP contribution in [0.1, 0.15) is 22.0 Å². The zero-order chi connectivity index (χ0) is 15.2. The molecule has 1 amide bonds. The number of benzene rings is 1. The van der Waals surface area contributed by atoms with E-state index in [0.29, 0.717) is 5.56 Å². The number of oxime groups is 1. The van der Waals surface area contributed by atoms with E-state index in [-0.39, 0.29) is 16.4 Å². The van der Waals surface area contributed by atoms with Crippen LogP contribution >= 0.6 is 11.6 Å². The number of nitrogens with one attached hydrogen (secondary N) is 1. The van der Waals surface area contributed by atoms with Crippen LogP contribution in [0.3, 0.4) is 0 Å². The van der Waals surface area contributed by atoms with Gasteiger partial charge in [0.2, 0.25) is 0 Å². The molecule has 0 aliphatic heterocycles. The maximum Gasteiger partial charge on any atom is 0.253 e. The van der Waals surface area contributed by atoms with Gasteiger partial charge in [0, 0.05) is 12.4 Å². The lowest BCUT2D eigenvalue weighted by Crippen LogP contribution is -2.37. The molecule has 1 unspecified atom stereocenters. The number of nitrogens with zero attached hydrogens (tertiary/aromatic N) is 2. The lowest BCUT2D eigenvalue weighted by atomic mass is 10.1. The summed E-state index contributed by atoms with van der Waals surface area (Å²) in [7, 11) is 0. The van der Waals surface area contributed by atoms with Gasteiger partial charge < -0.3 is 16.3 Å². The third-order valence-corrected chi connectivity index (χ3v) is 3.14. The molecule has 6 nitrogen and oxygen atoms in total. The number of carbonyl (C=O) groups excluding carboxylic acids is 1. The SMILES string of the molecule is NC(=NO)C(NC(=O)c1ccncc1Cl)c1ccccc1. The second-order valence-corrected chi connectivity index (χ2v) is 4.60. The molecule has 0 saturated heterocycles. The summed E-state index contributed by atoms with van der Waals surface area (Å²) in [5.41, 5.74) is 6.60. The van der Waals surface area contributed by atoms with Crippen LogP contribution in [0.5, 0.6) is 0 Å². The second kappa shape index (κ2) is 6.71. The summed E-state index contributed by atoms with van der Waals surface area (Å²) in [5, 5.41) is 14.7. The topological polar surface area (TPSA) is 101 Å². The van der Waals surface area contributed by atoms with Crippen LogP contribution in [0.15, 0.2) is 53.9 Å². The number of pyridine rings is 1. The van der Waals surface area contributed by atoms with Crippen molar-refractivity contribution in [2.45, 2.75) is 6.04 Å². The van der Waals surface area contributed by atoms with Crippen molar-refractivity contribution in [2.24, 2.45) is 10.9 Å². The average molecular weight is 305 g/mol. The highest BCUT2D eigenvalue weighted by molar-refractivity contribution is 6.33. The molecule has 1 heterocycles. The van der Waals surface area contributed by atoms with Gasteiger partial charge in [-0.2, -0.15) is 0 Å². The molecule has 0 radical (unpaired) electrons. The van der Waals surface area contributed by atoms with Gasteiger partial charge in [0.15, 0.2) is 5.84 Å². The molecule has 4 N–H and O–H groups in total. The predicted octanol–water partition coefficient (Wildman–Crippen LogP) is 1.95. The molecule has 2 aromatic rings. The van der Waals surface area contributed by atoms with Crippen LogP contribution in [0.25, 0.3) is 0 Å². The molecule has 0 fully saturated rings. The molecular weight excluding hydrogens is 292 g/mol. The first kappa shape index (κ1) is 14.8. The first-order chi connectivity index (χ1) is 10.1. The molecule has 108 valence electrons. The summed E-state index contributed by atoms with van der Waals surface area (Å²) in [5.74, 6) is -0.567. The minimum Gasteiger partial charge on any atom is -0.409 e. The number of halogens is 1. The van der Waals surface area contributed by atoms with Crippen LogP contribution < -0.4 is 11.1 Å². The Bertz CT molecular complexity index is 661. The van der Waals surface area contributed by atoms with Crippen molar-refractivity contribution >= 4 is 23.3 Å². The van der Waals surface area contributed by atoms with Gasteiger partial charge in [0.05, 0.1) is 10.6 Å². The van der Waals surface area contributed by atoms with E-state index in [1.54, 1.807) is 24.3 Å². The molecule has 21 heavy (non-hydrogen) atoms. The van der Waals surface area contributed by atoms with E-state index >= 15 is 0 Å². The van der Waals surface area contributed by atoms with Gasteiger partial charge in [-0.15, -0.1) is 0 Å². The van der Waals surface area contributed by atoms with Crippen LogP contribution in [-0.2, 0) is 0 Å². The van der Waals surface area contributed by atoms with E-state index in [1.165, 1.54) is 18.5 Å². The summed E-state index contributed by atoms with van der Waals surface area (Å²) >= 11 is 5.93. The number of rotatable bonds is 4. The maximum absolute atomic E-state index is 12.3. The Balaban J connectivity index is 2.28. The normalized spacial score (nSPS) is 12.7. The summed E-state index contributed by atoms with van der Waals surface area (Å²) in [6, 6.07) is 9.67. The Labute approximate surface area is 126 Å². The fourth-order valence-corrected chi connectivity index (χ4v) is 2.00. The number of aromatic nitrogens is 1. The number of hydrogen-bond acceptors (Lipinski definition) is 4. The molecule has 7 heteroatoms. The Morgan fingerprint density at radius 3 is 2.67 bits per heavy atom. The van der Waals surface area contributed by atoms with Crippen LogP contribution in [-0.4, -0.2) is 21.9 Å². The largest absolute Gasteiger partial charge is 0.409 e. The number of amidine groups is 1. The minimum atomic E-state index is -0.757. The molecule has 0 aliphatic carbocycles. The van der Waals surface area contributed by atoms with Gasteiger partial charge in [-0.05, 0) is 11.6 Å². The molecule has 1 atom stereocenters. The zero-order valence-electron chi connectivity index (χ0n) is 10.9. The highest BCUT2D eigenvalue weighted by atomic mass is 35.5. The summed E-state index contributed by atoms with van der Waals surface area (Å²) in [4.78, 5) is 16.1.